The SMILES string of the molecule is O=C(Nc1ccccc1Cc1nc(-c2ccco2)no1)c1cc(-c2ccco2)on1. The number of nitrogens with one attached hydrogen (secondary N) is 1. The van der Waals surface area contributed by atoms with Crippen LogP contribution in [-0.4, -0.2) is 21.2 Å². The van der Waals surface area contributed by atoms with Crippen molar-refractivity contribution in [1.82, 2.24) is 15.3 Å². The zero-order valence-corrected chi connectivity index (χ0v) is 15.4. The molecule has 148 valence electrons. The number of rotatable bonds is 6. The highest BCUT2D eigenvalue weighted by Gasteiger charge is 2.18. The summed E-state index contributed by atoms with van der Waals surface area (Å²) in [6, 6.07) is 15.8. The smallest absolute Gasteiger partial charge is 0.277 e. The largest absolute Gasteiger partial charge is 0.461 e. The molecular weight excluding hydrogens is 388 g/mol. The first-order chi connectivity index (χ1) is 14.8. The normalized spacial score (nSPS) is 10.9. The lowest BCUT2D eigenvalue weighted by atomic mass is 10.1. The van der Waals surface area contributed by atoms with Crippen LogP contribution in [0.15, 0.2) is 85.0 Å². The summed E-state index contributed by atoms with van der Waals surface area (Å²) in [5, 5.41) is 10.6. The van der Waals surface area contributed by atoms with Gasteiger partial charge >= 0.3 is 0 Å². The third-order valence-corrected chi connectivity index (χ3v) is 4.32. The zero-order valence-electron chi connectivity index (χ0n) is 15.4. The predicted octanol–water partition coefficient (Wildman–Crippen LogP) is 4.42. The lowest BCUT2D eigenvalue weighted by Crippen LogP contribution is -2.13. The molecule has 9 heteroatoms. The van der Waals surface area contributed by atoms with Gasteiger partial charge in [0.2, 0.25) is 17.5 Å². The van der Waals surface area contributed by atoms with Gasteiger partial charge < -0.3 is 23.2 Å². The number of hydrogen-bond acceptors (Lipinski definition) is 8. The van der Waals surface area contributed by atoms with E-state index in [4.69, 9.17) is 17.9 Å². The van der Waals surface area contributed by atoms with Crippen LogP contribution in [0.4, 0.5) is 5.69 Å². The second kappa shape index (κ2) is 7.55. The Balaban J connectivity index is 1.33. The molecule has 0 bridgehead atoms. The summed E-state index contributed by atoms with van der Waals surface area (Å²) in [6.45, 7) is 0. The lowest BCUT2D eigenvalue weighted by Gasteiger charge is -2.08. The Morgan fingerprint density at radius 1 is 0.867 bits per heavy atom. The van der Waals surface area contributed by atoms with Crippen molar-refractivity contribution in [3.05, 3.63) is 84.3 Å². The summed E-state index contributed by atoms with van der Waals surface area (Å²) >= 11 is 0. The van der Waals surface area contributed by atoms with Gasteiger partial charge in [0.25, 0.3) is 5.91 Å². The van der Waals surface area contributed by atoms with Crippen LogP contribution in [0.2, 0.25) is 0 Å². The second-order valence-electron chi connectivity index (χ2n) is 6.33. The van der Waals surface area contributed by atoms with E-state index in [1.165, 1.54) is 18.6 Å². The van der Waals surface area contributed by atoms with Crippen molar-refractivity contribution in [2.24, 2.45) is 0 Å². The van der Waals surface area contributed by atoms with Crippen LogP contribution in [0.5, 0.6) is 0 Å². The molecule has 4 heterocycles. The number of nitrogens with zero attached hydrogens (tertiary/aromatic N) is 3. The number of anilines is 1. The molecule has 5 rings (SSSR count). The zero-order chi connectivity index (χ0) is 20.3. The van der Waals surface area contributed by atoms with Crippen molar-refractivity contribution in [3.63, 3.8) is 0 Å². The highest BCUT2D eigenvalue weighted by molar-refractivity contribution is 6.03. The maximum atomic E-state index is 12.6. The Labute approximate surface area is 169 Å². The lowest BCUT2D eigenvalue weighted by molar-refractivity contribution is 0.101. The van der Waals surface area contributed by atoms with Crippen LogP contribution in [0.1, 0.15) is 21.9 Å². The number of furan rings is 2. The number of benzene rings is 1. The minimum atomic E-state index is -0.411. The first-order valence-corrected chi connectivity index (χ1v) is 9.02. The van der Waals surface area contributed by atoms with Gasteiger partial charge in [-0.25, -0.2) is 0 Å². The number of carbonyl (C=O) groups is 1. The highest BCUT2D eigenvalue weighted by Crippen LogP contribution is 2.23. The predicted molar refractivity (Wildman–Crippen MR) is 103 cm³/mol. The first kappa shape index (κ1) is 17.7. The van der Waals surface area contributed by atoms with Crippen molar-refractivity contribution < 1.29 is 22.7 Å². The van der Waals surface area contributed by atoms with E-state index in [2.05, 4.69) is 20.6 Å². The van der Waals surface area contributed by atoms with Gasteiger partial charge in [0.15, 0.2) is 17.2 Å². The van der Waals surface area contributed by atoms with Crippen molar-refractivity contribution >= 4 is 11.6 Å². The summed E-state index contributed by atoms with van der Waals surface area (Å²) < 4.78 is 21.0. The molecule has 0 atom stereocenters. The van der Waals surface area contributed by atoms with Gasteiger partial charge in [-0.15, -0.1) is 0 Å². The Bertz CT molecular complexity index is 1270. The van der Waals surface area contributed by atoms with Crippen LogP contribution in [-0.2, 0) is 6.42 Å². The number of aromatic nitrogens is 3. The summed E-state index contributed by atoms with van der Waals surface area (Å²) in [5.41, 5.74) is 1.53. The van der Waals surface area contributed by atoms with E-state index in [-0.39, 0.29) is 5.69 Å². The van der Waals surface area contributed by atoms with Crippen LogP contribution in [0.3, 0.4) is 0 Å². The second-order valence-corrected chi connectivity index (χ2v) is 6.33. The maximum absolute atomic E-state index is 12.6. The summed E-state index contributed by atoms with van der Waals surface area (Å²) in [7, 11) is 0. The minimum Gasteiger partial charge on any atom is -0.461 e. The Hall–Kier alpha value is -4.40. The first-order valence-electron chi connectivity index (χ1n) is 9.02. The molecule has 9 nitrogen and oxygen atoms in total. The molecule has 0 spiro atoms. The highest BCUT2D eigenvalue weighted by atomic mass is 16.5. The van der Waals surface area contributed by atoms with E-state index in [0.29, 0.717) is 41.1 Å². The molecule has 0 fully saturated rings. The van der Waals surface area contributed by atoms with Crippen LogP contribution in [0, 0.1) is 0 Å². The number of carbonyl (C=O) groups excluding carboxylic acids is 1. The fourth-order valence-corrected chi connectivity index (χ4v) is 2.90. The molecule has 5 aromatic rings. The molecule has 0 unspecified atom stereocenters. The number of amides is 1. The van der Waals surface area contributed by atoms with Gasteiger partial charge in [-0.2, -0.15) is 4.98 Å². The fraction of sp³-hybridized carbons (Fsp3) is 0.0476. The van der Waals surface area contributed by atoms with Gasteiger partial charge in [0, 0.05) is 11.8 Å². The van der Waals surface area contributed by atoms with E-state index in [1.807, 2.05) is 18.2 Å². The molecule has 0 saturated carbocycles. The third kappa shape index (κ3) is 3.51. The molecule has 1 amide bonds. The van der Waals surface area contributed by atoms with E-state index in [1.54, 1.807) is 30.3 Å². The number of hydrogen-bond donors (Lipinski definition) is 1. The van der Waals surface area contributed by atoms with E-state index < -0.39 is 5.91 Å². The standard InChI is InChI=1S/C21H14N4O5/c26-21(15-12-18(29-24-15)16-7-3-9-27-16)22-14-6-2-1-5-13(14)11-19-23-20(25-30-19)17-8-4-10-28-17/h1-10,12H,11H2,(H,22,26). The minimum absolute atomic E-state index is 0.133. The molecule has 0 saturated heterocycles. The topological polar surface area (TPSA) is 120 Å². The van der Waals surface area contributed by atoms with Crippen molar-refractivity contribution in [3.8, 4) is 23.1 Å². The molecule has 0 aliphatic carbocycles. The molecule has 1 N–H and O–H groups in total. The maximum Gasteiger partial charge on any atom is 0.277 e. The average Bonchev–Trinajstić information content (AvgIpc) is 3.56. The Kier molecular flexibility index (Phi) is 4.45. The van der Waals surface area contributed by atoms with Gasteiger partial charge in [-0.3, -0.25) is 4.79 Å². The molecule has 0 radical (unpaired) electrons. The number of para-hydroxylation sites is 1. The molecule has 0 aliphatic rings. The molecule has 30 heavy (non-hydrogen) atoms. The van der Waals surface area contributed by atoms with Crippen LogP contribution < -0.4 is 5.32 Å². The monoisotopic (exact) mass is 402 g/mol. The fourth-order valence-electron chi connectivity index (χ4n) is 2.90. The molecular formula is C21H14N4O5. The molecule has 4 aromatic heterocycles. The van der Waals surface area contributed by atoms with Gasteiger partial charge in [-0.1, -0.05) is 28.5 Å². The molecule has 0 aliphatic heterocycles. The average molecular weight is 402 g/mol. The van der Waals surface area contributed by atoms with Crippen LogP contribution in [0.25, 0.3) is 23.1 Å². The van der Waals surface area contributed by atoms with Gasteiger partial charge in [-0.05, 0) is 35.9 Å². The van der Waals surface area contributed by atoms with Crippen molar-refractivity contribution in [2.45, 2.75) is 6.42 Å². The van der Waals surface area contributed by atoms with E-state index in [9.17, 15) is 4.79 Å². The Morgan fingerprint density at radius 3 is 2.47 bits per heavy atom. The van der Waals surface area contributed by atoms with Crippen molar-refractivity contribution in [1.29, 1.82) is 0 Å². The van der Waals surface area contributed by atoms with E-state index in [0.717, 1.165) is 5.56 Å². The van der Waals surface area contributed by atoms with Gasteiger partial charge in [0.05, 0.1) is 18.9 Å². The molecule has 1 aromatic carbocycles. The van der Waals surface area contributed by atoms with Crippen molar-refractivity contribution in [2.75, 3.05) is 5.32 Å². The van der Waals surface area contributed by atoms with Gasteiger partial charge in [0.1, 0.15) is 0 Å². The summed E-state index contributed by atoms with van der Waals surface area (Å²) in [6.07, 6.45) is 3.39. The third-order valence-electron chi connectivity index (χ3n) is 4.32. The van der Waals surface area contributed by atoms with E-state index >= 15 is 0 Å². The quantitative estimate of drug-likeness (QED) is 0.443. The van der Waals surface area contributed by atoms with Crippen LogP contribution >= 0.6 is 0 Å². The Morgan fingerprint density at radius 2 is 1.67 bits per heavy atom. The summed E-state index contributed by atoms with van der Waals surface area (Å²) in [4.78, 5) is 17.0. The summed E-state index contributed by atoms with van der Waals surface area (Å²) in [5.74, 6) is 1.73.